The third-order valence-corrected chi connectivity index (χ3v) is 6.21. The van der Waals surface area contributed by atoms with Crippen molar-refractivity contribution >= 4 is 40.3 Å². The van der Waals surface area contributed by atoms with Crippen LogP contribution in [0, 0.1) is 6.92 Å². The van der Waals surface area contributed by atoms with Gasteiger partial charge >= 0.3 is 12.1 Å². The van der Waals surface area contributed by atoms with Gasteiger partial charge in [0.05, 0.1) is 17.1 Å². The van der Waals surface area contributed by atoms with Crippen LogP contribution in [0.5, 0.6) is 11.6 Å². The number of ether oxygens (including phenoxy) is 1. The lowest BCUT2D eigenvalue weighted by Gasteiger charge is -2.14. The van der Waals surface area contributed by atoms with Crippen molar-refractivity contribution in [2.45, 2.75) is 33.1 Å². The third-order valence-electron chi connectivity index (χ3n) is 6.21. The minimum Gasteiger partial charge on any atom is -0.438 e. The maximum Gasteiger partial charge on any atom is 0.324 e. The largest absolute Gasteiger partial charge is 0.438 e. The van der Waals surface area contributed by atoms with Crippen molar-refractivity contribution < 1.29 is 14.3 Å². The maximum atomic E-state index is 13.3. The summed E-state index contributed by atoms with van der Waals surface area (Å²) in [7, 11) is 0. The smallest absolute Gasteiger partial charge is 0.324 e. The minimum atomic E-state index is -0.780. The molecule has 0 saturated carbocycles. The molecule has 0 unspecified atom stereocenters. The van der Waals surface area contributed by atoms with E-state index in [1.54, 1.807) is 22.9 Å². The van der Waals surface area contributed by atoms with E-state index in [4.69, 9.17) is 15.6 Å². The molecule has 0 radical (unpaired) electrons. The summed E-state index contributed by atoms with van der Waals surface area (Å²) < 4.78 is 7.73. The molecule has 4 amide bonds. The summed E-state index contributed by atoms with van der Waals surface area (Å²) in [5, 5.41) is 14.5. The van der Waals surface area contributed by atoms with Crippen molar-refractivity contribution in [3.63, 3.8) is 0 Å². The molecular formula is C30H30N8O3. The highest BCUT2D eigenvalue weighted by Gasteiger charge is 2.22. The quantitative estimate of drug-likeness (QED) is 0.194. The van der Waals surface area contributed by atoms with Crippen LogP contribution < -0.4 is 26.4 Å². The predicted octanol–water partition coefficient (Wildman–Crippen LogP) is 6.35. The molecule has 0 aliphatic heterocycles. The molecule has 5 rings (SSSR count). The van der Waals surface area contributed by atoms with Crippen molar-refractivity contribution in [1.82, 2.24) is 19.7 Å². The summed E-state index contributed by atoms with van der Waals surface area (Å²) >= 11 is 0. The van der Waals surface area contributed by atoms with Crippen LogP contribution >= 0.6 is 0 Å². The number of urea groups is 2. The number of carbonyl (C=O) groups excluding carboxylic acids is 2. The van der Waals surface area contributed by atoms with Gasteiger partial charge in [0.25, 0.3) is 0 Å². The predicted molar refractivity (Wildman–Crippen MR) is 159 cm³/mol. The van der Waals surface area contributed by atoms with Gasteiger partial charge in [0.1, 0.15) is 11.6 Å². The van der Waals surface area contributed by atoms with Crippen LogP contribution in [0.4, 0.5) is 27.0 Å². The Hall–Kier alpha value is -5.45. The first-order valence-corrected chi connectivity index (χ1v) is 12.9. The van der Waals surface area contributed by atoms with Gasteiger partial charge in [-0.3, -0.25) is 10.6 Å². The summed E-state index contributed by atoms with van der Waals surface area (Å²) in [4.78, 5) is 32.5. The van der Waals surface area contributed by atoms with E-state index in [1.807, 2.05) is 61.5 Å². The second-order valence-corrected chi connectivity index (χ2v) is 10.5. The van der Waals surface area contributed by atoms with Gasteiger partial charge in [0.2, 0.25) is 11.8 Å². The zero-order valence-corrected chi connectivity index (χ0v) is 23.1. The van der Waals surface area contributed by atoms with E-state index in [2.05, 4.69) is 46.7 Å². The highest BCUT2D eigenvalue weighted by molar-refractivity contribution is 6.07. The molecule has 11 heteroatoms. The molecule has 2 heterocycles. The zero-order chi connectivity index (χ0) is 29.1. The molecule has 0 aliphatic carbocycles. The fraction of sp³-hybridized carbons (Fsp3) is 0.167. The fourth-order valence-corrected chi connectivity index (χ4v) is 4.14. The van der Waals surface area contributed by atoms with Crippen LogP contribution in [-0.4, -0.2) is 31.8 Å². The summed E-state index contributed by atoms with van der Waals surface area (Å²) in [5.41, 5.74) is 8.34. The molecule has 0 fully saturated rings. The highest BCUT2D eigenvalue weighted by Crippen LogP contribution is 2.34. The number of hydrogen-bond acceptors (Lipinski definition) is 6. The first kappa shape index (κ1) is 27.1. The second kappa shape index (κ2) is 11.0. The Kier molecular flexibility index (Phi) is 7.26. The van der Waals surface area contributed by atoms with Gasteiger partial charge in [-0.15, -0.1) is 0 Å². The lowest BCUT2D eigenvalue weighted by atomic mass is 9.92. The van der Waals surface area contributed by atoms with Crippen LogP contribution in [-0.2, 0) is 5.41 Å². The lowest BCUT2D eigenvalue weighted by Crippen LogP contribution is -2.21. The van der Waals surface area contributed by atoms with E-state index < -0.39 is 12.1 Å². The monoisotopic (exact) mass is 550 g/mol. The molecule has 41 heavy (non-hydrogen) atoms. The van der Waals surface area contributed by atoms with Crippen molar-refractivity contribution in [2.75, 3.05) is 16.0 Å². The van der Waals surface area contributed by atoms with Crippen LogP contribution in [0.1, 0.15) is 32.0 Å². The molecule has 11 nitrogen and oxygen atoms in total. The molecule has 0 saturated heterocycles. The topological polar surface area (TPSA) is 149 Å². The minimum absolute atomic E-state index is 0.0220. The van der Waals surface area contributed by atoms with Gasteiger partial charge in [-0.25, -0.2) is 19.3 Å². The maximum absolute atomic E-state index is 13.3. The molecule has 0 spiro atoms. The van der Waals surface area contributed by atoms with E-state index >= 15 is 0 Å². The molecular weight excluding hydrogens is 520 g/mol. The molecule has 0 bridgehead atoms. The molecule has 3 aromatic carbocycles. The van der Waals surface area contributed by atoms with Gasteiger partial charge < -0.3 is 15.8 Å². The van der Waals surface area contributed by atoms with E-state index in [1.165, 1.54) is 6.20 Å². The average Bonchev–Trinajstić information content (AvgIpc) is 3.34. The van der Waals surface area contributed by atoms with Crippen LogP contribution in [0.25, 0.3) is 16.5 Å². The van der Waals surface area contributed by atoms with E-state index in [9.17, 15) is 9.59 Å². The number of rotatable bonds is 6. The number of carbonyl (C=O) groups is 2. The Labute approximate surface area is 236 Å². The van der Waals surface area contributed by atoms with E-state index in [0.717, 1.165) is 27.7 Å². The van der Waals surface area contributed by atoms with Crippen molar-refractivity contribution in [3.8, 4) is 17.3 Å². The highest BCUT2D eigenvalue weighted by atomic mass is 16.5. The number of amides is 4. The van der Waals surface area contributed by atoms with Gasteiger partial charge in [0, 0.05) is 34.5 Å². The second-order valence-electron chi connectivity index (χ2n) is 10.5. The third kappa shape index (κ3) is 6.25. The number of nitrogens with one attached hydrogen (secondary N) is 3. The molecule has 0 aliphatic rings. The first-order valence-electron chi connectivity index (χ1n) is 12.9. The Morgan fingerprint density at radius 2 is 1.63 bits per heavy atom. The van der Waals surface area contributed by atoms with Crippen molar-refractivity contribution in [2.24, 2.45) is 5.73 Å². The Bertz CT molecular complexity index is 1740. The standard InChI is InChI=1S/C30H30N8O3/c1-18-9-11-19(12-10-18)38-25(17-24(37-38)30(2,3)4)34-29(40)33-22-13-14-23(21-8-6-5-7-20(21)22)41-26-15-16-32-28(35-26)36-27(31)39/h5-17H,1-4H3,(H2,33,34,40)(H3,31,32,35,36,39). The van der Waals surface area contributed by atoms with Crippen LogP contribution in [0.3, 0.4) is 0 Å². The number of fused-ring (bicyclic) bond motifs is 1. The van der Waals surface area contributed by atoms with Gasteiger partial charge in [-0.1, -0.05) is 62.7 Å². The SMILES string of the molecule is Cc1ccc(-n2nc(C(C)(C)C)cc2NC(=O)Nc2ccc(Oc3ccnc(NC(N)=O)n3)c3ccccc23)cc1. The van der Waals surface area contributed by atoms with E-state index in [-0.39, 0.29) is 17.2 Å². The Morgan fingerprint density at radius 3 is 2.34 bits per heavy atom. The van der Waals surface area contributed by atoms with Gasteiger partial charge in [0.15, 0.2) is 0 Å². The summed E-state index contributed by atoms with van der Waals surface area (Å²) in [6, 6.07) is 21.2. The number of primary amides is 1. The van der Waals surface area contributed by atoms with Crippen molar-refractivity contribution in [1.29, 1.82) is 0 Å². The van der Waals surface area contributed by atoms with Crippen LogP contribution in [0.15, 0.2) is 79.0 Å². The summed E-state index contributed by atoms with van der Waals surface area (Å²) in [6.45, 7) is 8.24. The average molecular weight is 551 g/mol. The number of nitrogens with two attached hydrogens (primary N) is 1. The molecule has 0 atom stereocenters. The molecule has 208 valence electrons. The summed E-state index contributed by atoms with van der Waals surface area (Å²) in [6.07, 6.45) is 1.45. The van der Waals surface area contributed by atoms with Gasteiger partial charge in [-0.2, -0.15) is 10.1 Å². The molecule has 5 N–H and O–H groups in total. The fourth-order valence-electron chi connectivity index (χ4n) is 4.14. The number of anilines is 3. The number of aromatic nitrogens is 4. The zero-order valence-electron chi connectivity index (χ0n) is 23.1. The molecule has 2 aromatic heterocycles. The number of hydrogen-bond donors (Lipinski definition) is 4. The number of aryl methyl sites for hydroxylation is 1. The van der Waals surface area contributed by atoms with Gasteiger partial charge in [-0.05, 0) is 31.2 Å². The summed E-state index contributed by atoms with van der Waals surface area (Å²) in [5.74, 6) is 1.28. The number of benzene rings is 3. The number of nitrogens with zero attached hydrogens (tertiary/aromatic N) is 4. The molecule has 5 aromatic rings. The Balaban J connectivity index is 1.41. The first-order chi connectivity index (χ1) is 19.6. The van der Waals surface area contributed by atoms with Crippen LogP contribution in [0.2, 0.25) is 0 Å². The normalized spacial score (nSPS) is 11.2. The van der Waals surface area contributed by atoms with E-state index in [0.29, 0.717) is 17.3 Å². The Morgan fingerprint density at radius 1 is 0.902 bits per heavy atom. The lowest BCUT2D eigenvalue weighted by molar-refractivity contribution is 0.259. The van der Waals surface area contributed by atoms with Crippen molar-refractivity contribution in [3.05, 3.63) is 90.3 Å².